The first-order valence-corrected chi connectivity index (χ1v) is 3.70. The van der Waals surface area contributed by atoms with Gasteiger partial charge in [0.2, 0.25) is 0 Å². The zero-order chi connectivity index (χ0) is 10.8. The minimum atomic E-state index is -4.69. The first-order chi connectivity index (χ1) is 5.15. The van der Waals surface area contributed by atoms with E-state index < -0.39 is 16.3 Å². The van der Waals surface area contributed by atoms with Crippen molar-refractivity contribution in [2.75, 3.05) is 6.61 Å². The number of hydrogen-bond acceptors (Lipinski definition) is 6. The van der Waals surface area contributed by atoms with Crippen LogP contribution in [0.4, 0.5) is 4.79 Å². The maximum atomic E-state index is 9.00. The summed E-state index contributed by atoms with van der Waals surface area (Å²) in [7, 11) is -4.69. The summed E-state index contributed by atoms with van der Waals surface area (Å²) in [6.07, 6.45) is 0. The number of aliphatic hydroxyl groups is 1. The monoisotopic (exact) mass is 206 g/mol. The molecule has 0 atom stereocenters. The summed E-state index contributed by atoms with van der Waals surface area (Å²) in [5.41, 5.74) is 8.50. The van der Waals surface area contributed by atoms with Gasteiger partial charge in [-0.15, -0.1) is 0 Å². The van der Waals surface area contributed by atoms with E-state index in [1.54, 1.807) is 6.92 Å². The van der Waals surface area contributed by atoms with Gasteiger partial charge in [-0.2, -0.15) is 14.0 Å². The number of urea groups is 1. The predicted molar refractivity (Wildman–Crippen MR) is 28.7 cm³/mol. The van der Waals surface area contributed by atoms with Crippen LogP contribution >= 0.6 is 0 Å². The van der Waals surface area contributed by atoms with Crippen molar-refractivity contribution < 1.29 is 38.8 Å². The lowest BCUT2D eigenvalue weighted by Gasteiger charge is -2.03. The Morgan fingerprint density at radius 1 is 1.42 bits per heavy atom. The maximum absolute atomic E-state index is 9.00. The van der Waals surface area contributed by atoms with E-state index in [9.17, 15) is 0 Å². The van der Waals surface area contributed by atoms with Gasteiger partial charge in [0.15, 0.2) is 0 Å². The highest BCUT2D eigenvalue weighted by atomic mass is 35.7. The average molecular weight is 207 g/mol. The highest BCUT2D eigenvalue weighted by Crippen LogP contribution is 1.60. The smallest absolute Gasteiger partial charge is 0.309 e. The van der Waals surface area contributed by atoms with Crippen molar-refractivity contribution in [3.05, 3.63) is 0 Å². The van der Waals surface area contributed by atoms with Gasteiger partial charge in [-0.25, -0.2) is 4.79 Å². The second-order valence-corrected chi connectivity index (χ2v) is 1.91. The first kappa shape index (κ1) is 17.4. The Balaban J connectivity index is -0.000000105. The predicted octanol–water partition coefficient (Wildman–Crippen LogP) is -5.10. The molecule has 2 amide bonds. The van der Waals surface area contributed by atoms with E-state index in [0.717, 1.165) is 0 Å². The largest absolute Gasteiger partial charge is 0.397 e. The summed E-state index contributed by atoms with van der Waals surface area (Å²) >= 11 is 0. The normalized spacial score (nSPS) is 8.50. The van der Waals surface area contributed by atoms with Crippen LogP contribution in [0.1, 0.15) is 6.92 Å². The molecule has 0 aromatic rings. The molecule has 0 aliphatic heterocycles. The third-order valence-electron chi connectivity index (χ3n) is 0. The molecule has 0 aliphatic rings. The van der Waals surface area contributed by atoms with Crippen molar-refractivity contribution in [2.45, 2.75) is 6.92 Å². The van der Waals surface area contributed by atoms with Crippen LogP contribution < -0.4 is 25.4 Å². The van der Waals surface area contributed by atoms with Crippen molar-refractivity contribution >= 4 is 6.03 Å². The molecule has 76 valence electrons. The number of primary amides is 2. The Kier molecular flexibility index (Phi) is 15.1. The third-order valence-corrected chi connectivity index (χ3v) is 0. The van der Waals surface area contributed by atoms with Crippen LogP contribution in [0.3, 0.4) is 0 Å². The van der Waals surface area contributed by atoms with Crippen molar-refractivity contribution in [1.29, 1.82) is 0 Å². The van der Waals surface area contributed by atoms with Crippen LogP contribution in [0.25, 0.3) is 0 Å². The molecule has 0 saturated heterocycles. The zero-order valence-corrected chi connectivity index (χ0v) is 7.02. The molecule has 0 unspecified atom stereocenters. The Morgan fingerprint density at radius 2 is 1.42 bits per heavy atom. The van der Waals surface area contributed by atoms with Crippen LogP contribution in [0.5, 0.6) is 0 Å². The summed E-state index contributed by atoms with van der Waals surface area (Å²) in [6.45, 7) is 1.93. The summed E-state index contributed by atoms with van der Waals surface area (Å²) < 4.78 is 32.7. The molecule has 6 N–H and O–H groups in total. The Bertz CT molecular complexity index is 93.5. The van der Waals surface area contributed by atoms with Crippen LogP contribution in [-0.4, -0.2) is 22.4 Å². The highest BCUT2D eigenvalue weighted by molar-refractivity contribution is 5.69. The van der Waals surface area contributed by atoms with Gasteiger partial charge in [-0.3, -0.25) is 0 Å². The van der Waals surface area contributed by atoms with Crippen molar-refractivity contribution in [3.8, 4) is 0 Å². The zero-order valence-electron chi connectivity index (χ0n) is 6.27. The fourth-order valence-corrected chi connectivity index (χ4v) is 0. The van der Waals surface area contributed by atoms with Crippen molar-refractivity contribution in [3.63, 3.8) is 0 Å². The second kappa shape index (κ2) is 10.4. The summed E-state index contributed by atoms with van der Waals surface area (Å²) in [6, 6.07) is -0.833. The van der Waals surface area contributed by atoms with Crippen molar-refractivity contribution in [1.82, 2.24) is 0 Å². The number of halogens is 1. The van der Waals surface area contributed by atoms with Gasteiger partial charge in [0.1, 0.15) is 0 Å². The fraction of sp³-hybridized carbons (Fsp3) is 0.667. The number of nitrogens with two attached hydrogens (primary N) is 2. The first-order valence-electron chi connectivity index (χ1n) is 2.44. The molecule has 0 radical (unpaired) electrons. The van der Waals surface area contributed by atoms with Gasteiger partial charge in [-0.1, -0.05) is 0 Å². The molecule has 0 aliphatic carbocycles. The van der Waals surface area contributed by atoms with Crippen LogP contribution in [0.2, 0.25) is 0 Å². The maximum Gasteiger partial charge on any atom is 0.309 e. The van der Waals surface area contributed by atoms with E-state index in [2.05, 4.69) is 11.5 Å². The molecule has 0 saturated carbocycles. The molecule has 0 fully saturated rings. The lowest BCUT2D eigenvalue weighted by atomic mass is 10.9. The number of aliphatic hydroxyl groups excluding tert-OH is 1. The van der Waals surface area contributed by atoms with Gasteiger partial charge >= 0.3 is 6.03 Å². The van der Waals surface area contributed by atoms with Crippen LogP contribution in [0, 0.1) is 10.2 Å². The minimum Gasteiger partial charge on any atom is -0.397 e. The number of carbonyl (C=O) groups excluding carboxylic acids is 1. The summed E-state index contributed by atoms with van der Waals surface area (Å²) in [5, 5.41) is 7.57. The lowest BCUT2D eigenvalue weighted by molar-refractivity contribution is -1.92. The Hall–Kier alpha value is -0.640. The SMILES string of the molecule is CCO.NC(N)=O.[O-][Cl+3]([O-])([O-])O. The van der Waals surface area contributed by atoms with Gasteiger partial charge in [0, 0.05) is 6.61 Å². The molecule has 0 aromatic heterocycles. The topological polar surface area (TPSA) is 179 Å². The molecule has 0 aromatic carbocycles. The number of hydrogen-bond donors (Lipinski definition) is 4. The lowest BCUT2D eigenvalue weighted by Crippen LogP contribution is -2.58. The Morgan fingerprint density at radius 3 is 1.42 bits per heavy atom. The number of amides is 2. The molecule has 0 rings (SSSR count). The highest BCUT2D eigenvalue weighted by Gasteiger charge is 1.98. The number of rotatable bonds is 0. The standard InChI is InChI=1S/C2H6O.CH4N2O.ClHO4/c1-2-3;2-1(3)4;2-1(3,4)5/h3H,2H2,1H3;(H4,2,3,4);(H,2,3,4,5). The Labute approximate surface area is 70.8 Å². The van der Waals surface area contributed by atoms with E-state index in [4.69, 9.17) is 28.5 Å². The molecular formula is C3H11ClN2O6. The molecule has 8 nitrogen and oxygen atoms in total. The molecule has 0 spiro atoms. The summed E-state index contributed by atoms with van der Waals surface area (Å²) in [5.74, 6) is 0. The summed E-state index contributed by atoms with van der Waals surface area (Å²) in [4.78, 5) is 9.00. The quantitative estimate of drug-likeness (QED) is 0.308. The van der Waals surface area contributed by atoms with Gasteiger partial charge in [-0.05, 0) is 6.92 Å². The third kappa shape index (κ3) is 1600. The van der Waals surface area contributed by atoms with Gasteiger partial charge in [0.05, 0.1) is 14.9 Å². The molecule has 9 heteroatoms. The van der Waals surface area contributed by atoms with E-state index in [0.29, 0.717) is 0 Å². The van der Waals surface area contributed by atoms with E-state index in [1.165, 1.54) is 0 Å². The molecule has 12 heavy (non-hydrogen) atoms. The van der Waals surface area contributed by atoms with Gasteiger partial charge in [0.25, 0.3) is 0 Å². The van der Waals surface area contributed by atoms with E-state index in [1.807, 2.05) is 0 Å². The van der Waals surface area contributed by atoms with Crippen molar-refractivity contribution in [2.24, 2.45) is 11.5 Å². The van der Waals surface area contributed by atoms with E-state index in [-0.39, 0.29) is 6.61 Å². The molecule has 0 bridgehead atoms. The molecule has 0 heterocycles. The van der Waals surface area contributed by atoms with Crippen LogP contribution in [-0.2, 0) is 0 Å². The number of carbonyl (C=O) groups is 1. The molecular weight excluding hydrogens is 195 g/mol. The van der Waals surface area contributed by atoms with Crippen LogP contribution in [0.15, 0.2) is 0 Å². The average Bonchev–Trinajstić information content (AvgIpc) is 1.56. The minimum absolute atomic E-state index is 0.250. The van der Waals surface area contributed by atoms with Gasteiger partial charge < -0.3 is 16.6 Å². The fourth-order valence-electron chi connectivity index (χ4n) is 0. The second-order valence-electron chi connectivity index (χ2n) is 1.11. The van der Waals surface area contributed by atoms with E-state index >= 15 is 0 Å².